The average molecular weight is 155 g/mol. The van der Waals surface area contributed by atoms with E-state index in [9.17, 15) is 4.79 Å². The molecule has 0 radical (unpaired) electrons. The second-order valence-corrected chi connectivity index (χ2v) is 3.71. The molecule has 0 aliphatic carbocycles. The molecule has 3 nitrogen and oxygen atoms in total. The molecule has 1 rings (SSSR count). The number of carbonyl (C=O) groups is 1. The van der Waals surface area contributed by atoms with E-state index in [1.165, 1.54) is 0 Å². The van der Waals surface area contributed by atoms with Gasteiger partial charge in [0.1, 0.15) is 5.60 Å². The van der Waals surface area contributed by atoms with E-state index in [2.05, 4.69) is 4.99 Å². The van der Waals surface area contributed by atoms with Crippen LogP contribution >= 0.6 is 0 Å². The highest BCUT2D eigenvalue weighted by molar-refractivity contribution is 6.14. The van der Waals surface area contributed by atoms with Crippen LogP contribution in [0.5, 0.6) is 0 Å². The lowest BCUT2D eigenvalue weighted by Gasteiger charge is -2.18. The maximum Gasteiger partial charge on any atom is 0.337 e. The van der Waals surface area contributed by atoms with Crippen LogP contribution in [-0.2, 0) is 9.53 Å². The quantitative estimate of drug-likeness (QED) is 0.533. The first-order chi connectivity index (χ1) is 4.90. The standard InChI is InChI=1S/C8H13NO2/c1-5-6(9-5)7(10)11-8(2,3)4/h6H,1-4H3/t6-/m0/s1. The average Bonchev–Trinajstić information content (AvgIpc) is 2.41. The van der Waals surface area contributed by atoms with E-state index < -0.39 is 5.60 Å². The van der Waals surface area contributed by atoms with E-state index in [4.69, 9.17) is 4.74 Å². The van der Waals surface area contributed by atoms with E-state index in [1.807, 2.05) is 27.7 Å². The molecule has 0 aromatic carbocycles. The second-order valence-electron chi connectivity index (χ2n) is 3.71. The zero-order chi connectivity index (χ0) is 8.65. The zero-order valence-electron chi connectivity index (χ0n) is 7.34. The lowest BCUT2D eigenvalue weighted by Crippen LogP contribution is -2.28. The molecule has 0 fully saturated rings. The Morgan fingerprint density at radius 3 is 2.27 bits per heavy atom. The zero-order valence-corrected chi connectivity index (χ0v) is 7.34. The lowest BCUT2D eigenvalue weighted by atomic mass is 10.2. The predicted molar refractivity (Wildman–Crippen MR) is 42.7 cm³/mol. The molecule has 0 saturated carbocycles. The van der Waals surface area contributed by atoms with Gasteiger partial charge < -0.3 is 4.74 Å². The summed E-state index contributed by atoms with van der Waals surface area (Å²) in [6, 6.07) is -0.269. The minimum Gasteiger partial charge on any atom is -0.458 e. The first-order valence-corrected chi connectivity index (χ1v) is 3.67. The second kappa shape index (κ2) is 2.32. The molecule has 0 amide bonds. The Balaban J connectivity index is 2.34. The van der Waals surface area contributed by atoms with Crippen molar-refractivity contribution in [3.8, 4) is 0 Å². The third-order valence-electron chi connectivity index (χ3n) is 1.29. The van der Waals surface area contributed by atoms with Gasteiger partial charge in [0, 0.05) is 5.71 Å². The van der Waals surface area contributed by atoms with Gasteiger partial charge in [0.05, 0.1) is 0 Å². The smallest absolute Gasteiger partial charge is 0.337 e. The number of carbonyl (C=O) groups excluding carboxylic acids is 1. The van der Waals surface area contributed by atoms with Crippen molar-refractivity contribution in [3.63, 3.8) is 0 Å². The Labute approximate surface area is 66.5 Å². The fraction of sp³-hybridized carbons (Fsp3) is 0.750. The molecule has 3 heteroatoms. The van der Waals surface area contributed by atoms with Gasteiger partial charge in [-0.25, -0.2) is 4.79 Å². The predicted octanol–water partition coefficient (Wildman–Crippen LogP) is 1.17. The summed E-state index contributed by atoms with van der Waals surface area (Å²) < 4.78 is 5.08. The Bertz CT molecular complexity index is 213. The summed E-state index contributed by atoms with van der Waals surface area (Å²) >= 11 is 0. The van der Waals surface area contributed by atoms with Gasteiger partial charge in [0.25, 0.3) is 0 Å². The van der Waals surface area contributed by atoms with E-state index >= 15 is 0 Å². The Morgan fingerprint density at radius 1 is 1.55 bits per heavy atom. The maximum atomic E-state index is 11.1. The number of nitrogens with zero attached hydrogens (tertiary/aromatic N) is 1. The number of hydrogen-bond acceptors (Lipinski definition) is 3. The summed E-state index contributed by atoms with van der Waals surface area (Å²) in [6.45, 7) is 7.38. The fourth-order valence-corrected chi connectivity index (χ4v) is 0.747. The first kappa shape index (κ1) is 8.24. The van der Waals surface area contributed by atoms with Crippen LogP contribution in [0, 0.1) is 0 Å². The van der Waals surface area contributed by atoms with E-state index in [-0.39, 0.29) is 12.0 Å². The van der Waals surface area contributed by atoms with Crippen LogP contribution in [0.25, 0.3) is 0 Å². The van der Waals surface area contributed by atoms with Crippen molar-refractivity contribution in [2.75, 3.05) is 0 Å². The molecule has 0 aromatic rings. The van der Waals surface area contributed by atoms with Gasteiger partial charge in [-0.1, -0.05) is 0 Å². The molecule has 0 spiro atoms. The van der Waals surface area contributed by atoms with Gasteiger partial charge in [0.2, 0.25) is 0 Å². The first-order valence-electron chi connectivity index (χ1n) is 3.67. The minimum atomic E-state index is -0.393. The highest BCUT2D eigenvalue weighted by atomic mass is 16.6. The van der Waals surface area contributed by atoms with Crippen molar-refractivity contribution in [2.24, 2.45) is 4.99 Å². The highest BCUT2D eigenvalue weighted by Gasteiger charge is 2.34. The summed E-state index contributed by atoms with van der Waals surface area (Å²) in [5.41, 5.74) is 0.481. The van der Waals surface area contributed by atoms with E-state index in [0.717, 1.165) is 5.71 Å². The molecule has 1 atom stereocenters. The molecule has 11 heavy (non-hydrogen) atoms. The van der Waals surface area contributed by atoms with Crippen LogP contribution in [0.15, 0.2) is 4.99 Å². The summed E-state index contributed by atoms with van der Waals surface area (Å²) in [7, 11) is 0. The third-order valence-corrected chi connectivity index (χ3v) is 1.29. The highest BCUT2D eigenvalue weighted by Crippen LogP contribution is 2.17. The van der Waals surface area contributed by atoms with Crippen molar-refractivity contribution in [2.45, 2.75) is 39.3 Å². The molecule has 1 aliphatic heterocycles. The van der Waals surface area contributed by atoms with Gasteiger partial charge in [0.15, 0.2) is 6.04 Å². The van der Waals surface area contributed by atoms with Gasteiger partial charge in [-0.15, -0.1) is 0 Å². The number of aliphatic imine (C=N–C) groups is 1. The van der Waals surface area contributed by atoms with Crippen molar-refractivity contribution in [3.05, 3.63) is 0 Å². The van der Waals surface area contributed by atoms with Crippen LogP contribution in [0.1, 0.15) is 27.7 Å². The van der Waals surface area contributed by atoms with Crippen molar-refractivity contribution in [1.29, 1.82) is 0 Å². The normalized spacial score (nSPS) is 22.5. The number of ether oxygens (including phenoxy) is 1. The van der Waals surface area contributed by atoms with Gasteiger partial charge in [-0.05, 0) is 27.7 Å². The van der Waals surface area contributed by atoms with Gasteiger partial charge >= 0.3 is 5.97 Å². The monoisotopic (exact) mass is 155 g/mol. The van der Waals surface area contributed by atoms with Crippen LogP contribution in [0.3, 0.4) is 0 Å². The van der Waals surface area contributed by atoms with Crippen molar-refractivity contribution < 1.29 is 9.53 Å². The summed E-state index contributed by atoms with van der Waals surface area (Å²) in [4.78, 5) is 15.0. The van der Waals surface area contributed by atoms with E-state index in [1.54, 1.807) is 0 Å². The summed E-state index contributed by atoms with van der Waals surface area (Å²) in [5.74, 6) is -0.227. The fourth-order valence-electron chi connectivity index (χ4n) is 0.747. The molecular formula is C8H13NO2. The number of hydrogen-bond donors (Lipinski definition) is 0. The molecule has 0 saturated heterocycles. The Kier molecular flexibility index (Phi) is 1.74. The topological polar surface area (TPSA) is 38.7 Å². The van der Waals surface area contributed by atoms with Crippen LogP contribution in [-0.4, -0.2) is 23.3 Å². The van der Waals surface area contributed by atoms with E-state index in [0.29, 0.717) is 0 Å². The molecule has 0 unspecified atom stereocenters. The minimum absolute atomic E-state index is 0.227. The Hall–Kier alpha value is -0.860. The molecule has 0 bridgehead atoms. The molecule has 62 valence electrons. The molecule has 0 aromatic heterocycles. The summed E-state index contributed by atoms with van der Waals surface area (Å²) in [6.07, 6.45) is 0. The summed E-state index contributed by atoms with van der Waals surface area (Å²) in [5, 5.41) is 0. The van der Waals surface area contributed by atoms with Crippen molar-refractivity contribution >= 4 is 11.7 Å². The van der Waals surface area contributed by atoms with Crippen LogP contribution in [0.4, 0.5) is 0 Å². The Morgan fingerprint density at radius 2 is 2.00 bits per heavy atom. The maximum absolute atomic E-state index is 11.1. The molecule has 0 N–H and O–H groups in total. The molecular weight excluding hydrogens is 142 g/mol. The molecule has 1 aliphatic rings. The van der Waals surface area contributed by atoms with Crippen molar-refractivity contribution in [1.82, 2.24) is 0 Å². The lowest BCUT2D eigenvalue weighted by molar-refractivity contribution is -0.153. The van der Waals surface area contributed by atoms with Gasteiger partial charge in [-0.3, -0.25) is 4.99 Å². The third kappa shape index (κ3) is 2.33. The molecule has 1 heterocycles. The number of rotatable bonds is 1. The van der Waals surface area contributed by atoms with Crippen LogP contribution in [0.2, 0.25) is 0 Å². The van der Waals surface area contributed by atoms with Gasteiger partial charge in [-0.2, -0.15) is 0 Å². The number of esters is 1. The largest absolute Gasteiger partial charge is 0.458 e. The van der Waals surface area contributed by atoms with Crippen LogP contribution < -0.4 is 0 Å². The SMILES string of the molecule is CC1=N[C@@H]1C(=O)OC(C)(C)C.